The number of ether oxygens (including phenoxy) is 1. The maximum absolute atomic E-state index is 13.3. The molecule has 3 amide bonds. The predicted molar refractivity (Wildman–Crippen MR) is 142 cm³/mol. The van der Waals surface area contributed by atoms with Crippen molar-refractivity contribution in [2.24, 2.45) is 0 Å². The first-order valence-corrected chi connectivity index (χ1v) is 12.9. The largest absolute Gasteiger partial charge is 0.463 e. The van der Waals surface area contributed by atoms with E-state index >= 15 is 0 Å². The Bertz CT molecular complexity index is 1220. The second kappa shape index (κ2) is 11.4. The van der Waals surface area contributed by atoms with Crippen molar-refractivity contribution >= 4 is 29.5 Å². The van der Waals surface area contributed by atoms with Crippen LogP contribution in [0.2, 0.25) is 5.02 Å². The molecular formula is C28H33ClN4O4. The standard InChI is InChI=1S/C28H33ClN4O4/c1-5-37-27(35)24-23(31(4)28(36)30-25(24)22-16-18(2)6-7-19(22)3)17-32-12-14-33(15-13-32)26(34)20-8-10-21(29)11-9-20/h6-11,16,25H,5,12-15,17H2,1-4H3,(H,30,36)/t25-/m1/s1. The zero-order chi connectivity index (χ0) is 26.7. The molecule has 0 saturated carbocycles. The van der Waals surface area contributed by atoms with Gasteiger partial charge in [-0.15, -0.1) is 0 Å². The second-order valence-electron chi connectivity index (χ2n) is 9.46. The molecule has 2 aliphatic rings. The highest BCUT2D eigenvalue weighted by atomic mass is 35.5. The smallest absolute Gasteiger partial charge is 0.338 e. The molecule has 1 N–H and O–H groups in total. The van der Waals surface area contributed by atoms with Crippen LogP contribution in [0, 0.1) is 13.8 Å². The number of halogens is 1. The van der Waals surface area contributed by atoms with Crippen molar-refractivity contribution < 1.29 is 19.1 Å². The van der Waals surface area contributed by atoms with Crippen LogP contribution < -0.4 is 5.32 Å². The van der Waals surface area contributed by atoms with Crippen LogP contribution in [0.4, 0.5) is 4.79 Å². The van der Waals surface area contributed by atoms with Crippen molar-refractivity contribution in [1.29, 1.82) is 0 Å². The van der Waals surface area contributed by atoms with Gasteiger partial charge >= 0.3 is 12.0 Å². The summed E-state index contributed by atoms with van der Waals surface area (Å²) < 4.78 is 5.46. The molecule has 4 rings (SSSR count). The molecule has 2 aromatic rings. The Morgan fingerprint density at radius 3 is 2.38 bits per heavy atom. The summed E-state index contributed by atoms with van der Waals surface area (Å²) in [6, 6.07) is 12.0. The number of likely N-dealkylation sites (N-methyl/N-ethyl adjacent to an activating group) is 1. The van der Waals surface area contributed by atoms with E-state index in [1.807, 2.05) is 36.9 Å². The van der Waals surface area contributed by atoms with Gasteiger partial charge in [0.25, 0.3) is 5.91 Å². The minimum Gasteiger partial charge on any atom is -0.463 e. The van der Waals surface area contributed by atoms with E-state index in [4.69, 9.17) is 16.3 Å². The molecule has 0 radical (unpaired) electrons. The molecule has 0 aliphatic carbocycles. The van der Waals surface area contributed by atoms with Gasteiger partial charge in [-0.25, -0.2) is 9.59 Å². The van der Waals surface area contributed by atoms with Crippen molar-refractivity contribution in [2.45, 2.75) is 26.8 Å². The third-order valence-corrected chi connectivity index (χ3v) is 7.19. The number of nitrogens with zero attached hydrogens (tertiary/aromatic N) is 3. The number of nitrogens with one attached hydrogen (secondary N) is 1. The predicted octanol–water partition coefficient (Wildman–Crippen LogP) is 3.93. The van der Waals surface area contributed by atoms with Crippen LogP contribution in [0.25, 0.3) is 0 Å². The topological polar surface area (TPSA) is 82.2 Å². The van der Waals surface area contributed by atoms with Gasteiger partial charge in [0.2, 0.25) is 0 Å². The fraction of sp³-hybridized carbons (Fsp3) is 0.393. The molecule has 2 aromatic carbocycles. The highest BCUT2D eigenvalue weighted by molar-refractivity contribution is 6.30. The lowest BCUT2D eigenvalue weighted by atomic mass is 9.90. The maximum atomic E-state index is 13.3. The molecule has 2 heterocycles. The third-order valence-electron chi connectivity index (χ3n) is 6.94. The summed E-state index contributed by atoms with van der Waals surface area (Å²) in [5, 5.41) is 3.59. The highest BCUT2D eigenvalue weighted by Gasteiger charge is 2.38. The number of benzene rings is 2. The summed E-state index contributed by atoms with van der Waals surface area (Å²) >= 11 is 5.95. The molecule has 9 heteroatoms. The molecule has 1 atom stereocenters. The maximum Gasteiger partial charge on any atom is 0.338 e. The van der Waals surface area contributed by atoms with Gasteiger partial charge in [-0.2, -0.15) is 0 Å². The zero-order valence-corrected chi connectivity index (χ0v) is 22.5. The average molecular weight is 525 g/mol. The van der Waals surface area contributed by atoms with E-state index in [0.717, 1.165) is 16.7 Å². The van der Waals surface area contributed by atoms with E-state index in [1.54, 1.807) is 38.2 Å². The van der Waals surface area contributed by atoms with E-state index in [0.29, 0.717) is 54.6 Å². The number of hydrogen-bond acceptors (Lipinski definition) is 5. The van der Waals surface area contributed by atoms with Crippen LogP contribution in [0.3, 0.4) is 0 Å². The van der Waals surface area contributed by atoms with Crippen LogP contribution in [0.5, 0.6) is 0 Å². The van der Waals surface area contributed by atoms with E-state index in [2.05, 4.69) is 10.2 Å². The van der Waals surface area contributed by atoms with Gasteiger partial charge in [0.15, 0.2) is 0 Å². The van der Waals surface area contributed by atoms with Crippen molar-refractivity contribution in [3.8, 4) is 0 Å². The molecule has 1 fully saturated rings. The molecule has 8 nitrogen and oxygen atoms in total. The van der Waals surface area contributed by atoms with E-state index in [-0.39, 0.29) is 18.5 Å². The molecule has 0 unspecified atom stereocenters. The average Bonchev–Trinajstić information content (AvgIpc) is 2.88. The van der Waals surface area contributed by atoms with Crippen molar-refractivity contribution in [3.63, 3.8) is 0 Å². The van der Waals surface area contributed by atoms with Gasteiger partial charge in [-0.05, 0) is 56.2 Å². The minimum atomic E-state index is -0.606. The molecule has 196 valence electrons. The number of amides is 3. The fourth-order valence-corrected chi connectivity index (χ4v) is 4.92. The van der Waals surface area contributed by atoms with Gasteiger partial charge in [0.1, 0.15) is 0 Å². The monoisotopic (exact) mass is 524 g/mol. The van der Waals surface area contributed by atoms with E-state index in [1.165, 1.54) is 4.90 Å². The summed E-state index contributed by atoms with van der Waals surface area (Å²) in [7, 11) is 1.67. The lowest BCUT2D eigenvalue weighted by molar-refractivity contribution is -0.139. The highest BCUT2D eigenvalue weighted by Crippen LogP contribution is 2.33. The number of urea groups is 1. The van der Waals surface area contributed by atoms with Crippen molar-refractivity contribution in [1.82, 2.24) is 20.0 Å². The Kier molecular flexibility index (Phi) is 8.19. The zero-order valence-electron chi connectivity index (χ0n) is 21.7. The Hall–Kier alpha value is -3.36. The Balaban J connectivity index is 1.59. The summed E-state index contributed by atoms with van der Waals surface area (Å²) in [6.07, 6.45) is 0. The first-order chi connectivity index (χ1) is 17.7. The molecular weight excluding hydrogens is 492 g/mol. The number of rotatable bonds is 6. The van der Waals surface area contributed by atoms with E-state index in [9.17, 15) is 14.4 Å². The SMILES string of the molecule is CCOC(=O)C1=C(CN2CCN(C(=O)c3ccc(Cl)cc3)CC2)N(C)C(=O)N[C@@H]1c1cc(C)ccc1C. The quantitative estimate of drug-likeness (QED) is 0.579. The summed E-state index contributed by atoms with van der Waals surface area (Å²) in [4.78, 5) is 44.7. The molecule has 0 spiro atoms. The first kappa shape index (κ1) is 26.7. The van der Waals surface area contributed by atoms with Crippen LogP contribution in [-0.4, -0.2) is 79.0 Å². The first-order valence-electron chi connectivity index (χ1n) is 12.5. The van der Waals surface area contributed by atoms with Gasteiger partial charge < -0.3 is 15.0 Å². The number of carbonyl (C=O) groups is 3. The number of piperazine rings is 1. The number of carbonyl (C=O) groups excluding carboxylic acids is 3. The molecule has 0 aromatic heterocycles. The van der Waals surface area contributed by atoms with Crippen LogP contribution in [0.15, 0.2) is 53.7 Å². The molecule has 2 aliphatic heterocycles. The van der Waals surface area contributed by atoms with Crippen molar-refractivity contribution in [3.05, 3.63) is 81.0 Å². The second-order valence-corrected chi connectivity index (χ2v) is 9.89. The summed E-state index contributed by atoms with van der Waals surface area (Å²) in [5.74, 6) is -0.473. The lowest BCUT2D eigenvalue weighted by Gasteiger charge is -2.39. The minimum absolute atomic E-state index is 0.0353. The van der Waals surface area contributed by atoms with Gasteiger partial charge in [-0.1, -0.05) is 35.4 Å². The van der Waals surface area contributed by atoms with E-state index < -0.39 is 12.0 Å². The normalized spacial score (nSPS) is 18.6. The van der Waals surface area contributed by atoms with Crippen LogP contribution in [-0.2, 0) is 9.53 Å². The third kappa shape index (κ3) is 5.81. The molecule has 37 heavy (non-hydrogen) atoms. The molecule has 0 bridgehead atoms. The van der Waals surface area contributed by atoms with Gasteiger partial charge in [0, 0.05) is 56.1 Å². The van der Waals surface area contributed by atoms with Crippen LogP contribution >= 0.6 is 11.6 Å². The van der Waals surface area contributed by atoms with Gasteiger partial charge in [0.05, 0.1) is 18.2 Å². The Labute approximate surface area is 222 Å². The summed E-state index contributed by atoms with van der Waals surface area (Å²) in [5.41, 5.74) is 4.56. The number of esters is 1. The Morgan fingerprint density at radius 1 is 1.05 bits per heavy atom. The van der Waals surface area contributed by atoms with Crippen LogP contribution in [0.1, 0.15) is 40.0 Å². The summed E-state index contributed by atoms with van der Waals surface area (Å²) in [6.45, 7) is 8.66. The van der Waals surface area contributed by atoms with Gasteiger partial charge in [-0.3, -0.25) is 14.6 Å². The number of hydrogen-bond donors (Lipinski definition) is 1. The number of aryl methyl sites for hydroxylation is 2. The Morgan fingerprint density at radius 2 is 1.73 bits per heavy atom. The fourth-order valence-electron chi connectivity index (χ4n) is 4.80. The lowest BCUT2D eigenvalue weighted by Crippen LogP contribution is -2.53. The molecule has 1 saturated heterocycles. The van der Waals surface area contributed by atoms with Crippen molar-refractivity contribution in [2.75, 3.05) is 46.4 Å².